The summed E-state index contributed by atoms with van der Waals surface area (Å²) < 4.78 is 5.17. The lowest BCUT2D eigenvalue weighted by molar-refractivity contribution is 0.415. The van der Waals surface area contributed by atoms with Gasteiger partial charge in [0.2, 0.25) is 0 Å². The van der Waals surface area contributed by atoms with Gasteiger partial charge >= 0.3 is 0 Å². The fourth-order valence-electron chi connectivity index (χ4n) is 1.35. The summed E-state index contributed by atoms with van der Waals surface area (Å²) in [5, 5.41) is 11.4. The van der Waals surface area contributed by atoms with Gasteiger partial charge in [-0.1, -0.05) is 12.1 Å². The number of rotatable bonds is 2. The van der Waals surface area contributed by atoms with E-state index in [1.54, 1.807) is 0 Å². The molecule has 2 aromatic rings. The second-order valence-electron chi connectivity index (χ2n) is 3.14. The zero-order valence-electron chi connectivity index (χ0n) is 7.37. The second-order valence-corrected chi connectivity index (χ2v) is 3.14. The Bertz CT molecular complexity index is 419. The summed E-state index contributed by atoms with van der Waals surface area (Å²) in [5.41, 5.74) is 2.11. The fraction of sp³-hybridized carbons (Fsp3) is 0.222. The molecule has 2 heterocycles. The van der Waals surface area contributed by atoms with Gasteiger partial charge in [0.05, 0.1) is 12.3 Å². The van der Waals surface area contributed by atoms with Crippen molar-refractivity contribution in [3.05, 3.63) is 36.2 Å². The molecule has 0 amide bonds. The first-order valence-corrected chi connectivity index (χ1v) is 4.38. The molecule has 0 aliphatic carbocycles. The molecule has 0 bridgehead atoms. The Balaban J connectivity index is 1.93. The summed E-state index contributed by atoms with van der Waals surface area (Å²) >= 11 is 0. The van der Waals surface area contributed by atoms with E-state index in [2.05, 4.69) is 15.4 Å². The lowest BCUT2D eigenvalue weighted by atomic mass is 10.1. The van der Waals surface area contributed by atoms with Gasteiger partial charge in [-0.25, -0.2) is 0 Å². The van der Waals surface area contributed by atoms with Crippen molar-refractivity contribution in [2.24, 2.45) is 0 Å². The Hall–Kier alpha value is -1.75. The van der Waals surface area contributed by atoms with Crippen LogP contribution in [0.15, 0.2) is 30.6 Å². The van der Waals surface area contributed by atoms with Crippen molar-refractivity contribution in [2.45, 2.75) is 6.10 Å². The molecule has 0 N–H and O–H groups in total. The van der Waals surface area contributed by atoms with Crippen LogP contribution in [0.5, 0.6) is 0 Å². The number of benzene rings is 1. The highest BCUT2D eigenvalue weighted by molar-refractivity contribution is 5.34. The number of ether oxygens (including phenoxy) is 1. The van der Waals surface area contributed by atoms with Gasteiger partial charge in [-0.05, 0) is 22.9 Å². The Kier molecular flexibility index (Phi) is 1.57. The molecule has 1 aromatic carbocycles. The molecule has 1 aliphatic heterocycles. The first-order chi connectivity index (χ1) is 6.93. The van der Waals surface area contributed by atoms with Crippen LogP contribution in [0, 0.1) is 0 Å². The van der Waals surface area contributed by atoms with Gasteiger partial charge in [0.15, 0.2) is 6.33 Å². The van der Waals surface area contributed by atoms with E-state index in [1.165, 1.54) is 16.7 Å². The number of hydrogen-bond acceptors (Lipinski definition) is 4. The van der Waals surface area contributed by atoms with E-state index in [0.29, 0.717) is 6.10 Å². The first kappa shape index (κ1) is 7.64. The normalized spacial score (nSPS) is 19.6. The van der Waals surface area contributed by atoms with Gasteiger partial charge in [0.1, 0.15) is 6.10 Å². The minimum atomic E-state index is 0.299. The molecule has 1 atom stereocenters. The van der Waals surface area contributed by atoms with E-state index in [-0.39, 0.29) is 0 Å². The van der Waals surface area contributed by atoms with Crippen molar-refractivity contribution < 1.29 is 4.74 Å². The highest BCUT2D eigenvalue weighted by Crippen LogP contribution is 2.29. The molecular formula is C9H8N4O. The molecule has 1 fully saturated rings. The molecule has 0 saturated carbocycles. The van der Waals surface area contributed by atoms with Crippen molar-refractivity contribution in [1.29, 1.82) is 0 Å². The summed E-state index contributed by atoms with van der Waals surface area (Å²) in [6, 6.07) is 7.96. The standard InChI is InChI=1S/C9H8N4O/c1-3-8(13-11-6-10-12-13)4-2-7(1)9-5-14-9/h1-4,6,9H,5H2/t9-/m1/s1. The van der Waals surface area contributed by atoms with Crippen LogP contribution in [0.4, 0.5) is 0 Å². The fourth-order valence-corrected chi connectivity index (χ4v) is 1.35. The predicted molar refractivity (Wildman–Crippen MR) is 47.8 cm³/mol. The van der Waals surface area contributed by atoms with E-state index >= 15 is 0 Å². The first-order valence-electron chi connectivity index (χ1n) is 4.38. The highest BCUT2D eigenvalue weighted by Gasteiger charge is 2.24. The van der Waals surface area contributed by atoms with Crippen LogP contribution < -0.4 is 0 Å². The number of hydrogen-bond donors (Lipinski definition) is 0. The van der Waals surface area contributed by atoms with E-state index in [0.717, 1.165) is 12.3 Å². The average Bonchev–Trinajstić information content (AvgIpc) is 2.94. The monoisotopic (exact) mass is 188 g/mol. The minimum absolute atomic E-state index is 0.299. The smallest absolute Gasteiger partial charge is 0.162 e. The molecule has 0 unspecified atom stereocenters. The molecule has 70 valence electrons. The number of aromatic nitrogens is 4. The van der Waals surface area contributed by atoms with E-state index in [9.17, 15) is 0 Å². The zero-order chi connectivity index (χ0) is 9.38. The van der Waals surface area contributed by atoms with Crippen LogP contribution in [0.1, 0.15) is 11.7 Å². The zero-order valence-corrected chi connectivity index (χ0v) is 7.37. The lowest BCUT2D eigenvalue weighted by Crippen LogP contribution is -1.98. The topological polar surface area (TPSA) is 56.1 Å². The van der Waals surface area contributed by atoms with Crippen LogP contribution in [-0.4, -0.2) is 26.8 Å². The SMILES string of the molecule is c1nnn(-c2ccc([C@H]3CO3)cc2)n1. The molecule has 1 saturated heterocycles. The third-order valence-electron chi connectivity index (χ3n) is 2.18. The van der Waals surface area contributed by atoms with Gasteiger partial charge in [-0.3, -0.25) is 0 Å². The largest absolute Gasteiger partial charge is 0.368 e. The highest BCUT2D eigenvalue weighted by atomic mass is 16.6. The third-order valence-corrected chi connectivity index (χ3v) is 2.18. The van der Waals surface area contributed by atoms with Crippen molar-refractivity contribution in [3.8, 4) is 5.69 Å². The minimum Gasteiger partial charge on any atom is -0.368 e. The van der Waals surface area contributed by atoms with Crippen LogP contribution >= 0.6 is 0 Å². The van der Waals surface area contributed by atoms with Crippen LogP contribution in [0.2, 0.25) is 0 Å². The quantitative estimate of drug-likeness (QED) is 0.652. The summed E-state index contributed by atoms with van der Waals surface area (Å²) in [7, 11) is 0. The van der Waals surface area contributed by atoms with Gasteiger partial charge in [-0.2, -0.15) is 0 Å². The molecule has 5 nitrogen and oxygen atoms in total. The molecule has 1 aliphatic rings. The lowest BCUT2D eigenvalue weighted by Gasteiger charge is -1.99. The van der Waals surface area contributed by atoms with Gasteiger partial charge in [0.25, 0.3) is 0 Å². The summed E-state index contributed by atoms with van der Waals surface area (Å²) in [6.07, 6.45) is 1.71. The Morgan fingerprint density at radius 1 is 1.29 bits per heavy atom. The van der Waals surface area contributed by atoms with Crippen LogP contribution in [-0.2, 0) is 4.74 Å². The van der Waals surface area contributed by atoms with Crippen LogP contribution in [0.3, 0.4) is 0 Å². The molecule has 0 radical (unpaired) electrons. The summed E-state index contributed by atoms with van der Waals surface area (Å²) in [6.45, 7) is 0.834. The molecule has 1 aromatic heterocycles. The molecule has 14 heavy (non-hydrogen) atoms. The van der Waals surface area contributed by atoms with Crippen LogP contribution in [0.25, 0.3) is 5.69 Å². The Morgan fingerprint density at radius 3 is 2.64 bits per heavy atom. The van der Waals surface area contributed by atoms with Crippen molar-refractivity contribution in [2.75, 3.05) is 6.61 Å². The van der Waals surface area contributed by atoms with Crippen molar-refractivity contribution >= 4 is 0 Å². The van der Waals surface area contributed by atoms with Gasteiger partial charge in [0, 0.05) is 0 Å². The molecule has 3 rings (SSSR count). The maximum atomic E-state index is 5.17. The Morgan fingerprint density at radius 2 is 2.07 bits per heavy atom. The summed E-state index contributed by atoms with van der Waals surface area (Å²) in [5.74, 6) is 0. The van der Waals surface area contributed by atoms with Crippen molar-refractivity contribution in [1.82, 2.24) is 20.2 Å². The summed E-state index contributed by atoms with van der Waals surface area (Å²) in [4.78, 5) is 1.48. The number of tetrazole rings is 1. The second kappa shape index (κ2) is 2.88. The Labute approximate surface area is 80.3 Å². The molecule has 5 heteroatoms. The maximum absolute atomic E-state index is 5.17. The van der Waals surface area contributed by atoms with E-state index < -0.39 is 0 Å². The average molecular weight is 188 g/mol. The number of nitrogens with zero attached hydrogens (tertiary/aromatic N) is 4. The van der Waals surface area contributed by atoms with E-state index in [1.807, 2.05) is 24.3 Å². The maximum Gasteiger partial charge on any atom is 0.162 e. The van der Waals surface area contributed by atoms with E-state index in [4.69, 9.17) is 4.74 Å². The van der Waals surface area contributed by atoms with Gasteiger partial charge in [-0.15, -0.1) is 15.0 Å². The third kappa shape index (κ3) is 1.27. The predicted octanol–water partition coefficient (Wildman–Crippen LogP) is 0.734. The molecular weight excluding hydrogens is 180 g/mol. The van der Waals surface area contributed by atoms with Gasteiger partial charge < -0.3 is 4.74 Å². The number of epoxide rings is 1. The van der Waals surface area contributed by atoms with Crippen molar-refractivity contribution in [3.63, 3.8) is 0 Å². The molecule has 0 spiro atoms.